The molecule has 0 aliphatic heterocycles. The molecular formula is C14H21NO. The molecule has 0 atom stereocenters. The van der Waals surface area contributed by atoms with E-state index < -0.39 is 0 Å². The van der Waals surface area contributed by atoms with Crippen LogP contribution in [0.4, 0.5) is 0 Å². The maximum Gasteiger partial charge on any atom is 0.0867 e. The lowest BCUT2D eigenvalue weighted by Gasteiger charge is -2.04. The summed E-state index contributed by atoms with van der Waals surface area (Å²) in [5.74, 6) is 0. The van der Waals surface area contributed by atoms with E-state index in [0.29, 0.717) is 0 Å². The quantitative estimate of drug-likeness (QED) is 0.316. The molecule has 0 bridgehead atoms. The molecule has 88 valence electrons. The molecule has 0 saturated heterocycles. The number of benzene rings is 1. The fourth-order valence-corrected chi connectivity index (χ4v) is 1.78. The number of rotatable bonds is 7. The van der Waals surface area contributed by atoms with Crippen LogP contribution < -0.4 is 0 Å². The van der Waals surface area contributed by atoms with Crippen molar-refractivity contribution in [3.8, 4) is 0 Å². The van der Waals surface area contributed by atoms with Crippen molar-refractivity contribution in [3.63, 3.8) is 0 Å². The summed E-state index contributed by atoms with van der Waals surface area (Å²) in [5.41, 5.74) is 1.83. The number of unbranched alkanes of at least 4 members (excludes halogenated alkanes) is 4. The number of oxime groups is 1. The standard InChI is InChI=1S/C14H21NO/c1-2-3-4-5-9-12-14(15-16)13-10-7-6-8-11-13/h6-8,10-11,16H,2-5,9,12H2,1H3. The first-order valence-corrected chi connectivity index (χ1v) is 6.14. The molecule has 0 spiro atoms. The molecule has 0 fully saturated rings. The van der Waals surface area contributed by atoms with E-state index in [0.717, 1.165) is 24.1 Å². The van der Waals surface area contributed by atoms with E-state index in [1.807, 2.05) is 30.3 Å². The fraction of sp³-hybridized carbons (Fsp3) is 0.500. The number of hydrogen-bond donors (Lipinski definition) is 1. The molecule has 0 saturated carbocycles. The molecule has 1 aromatic carbocycles. The van der Waals surface area contributed by atoms with Gasteiger partial charge in [-0.05, 0) is 18.4 Å². The van der Waals surface area contributed by atoms with Gasteiger partial charge in [0.05, 0.1) is 5.71 Å². The van der Waals surface area contributed by atoms with E-state index in [1.54, 1.807) is 0 Å². The van der Waals surface area contributed by atoms with Gasteiger partial charge in [-0.3, -0.25) is 0 Å². The van der Waals surface area contributed by atoms with Gasteiger partial charge in [0.1, 0.15) is 0 Å². The van der Waals surface area contributed by atoms with Crippen molar-refractivity contribution in [1.82, 2.24) is 0 Å². The maximum atomic E-state index is 8.97. The molecule has 1 aromatic rings. The van der Waals surface area contributed by atoms with E-state index in [9.17, 15) is 0 Å². The van der Waals surface area contributed by atoms with Crippen LogP contribution in [0.25, 0.3) is 0 Å². The zero-order chi connectivity index (χ0) is 11.6. The molecule has 0 heterocycles. The zero-order valence-electron chi connectivity index (χ0n) is 10.0. The third kappa shape index (κ3) is 4.47. The Kier molecular flexibility index (Phi) is 6.31. The van der Waals surface area contributed by atoms with Gasteiger partial charge in [-0.25, -0.2) is 0 Å². The summed E-state index contributed by atoms with van der Waals surface area (Å²) in [5, 5.41) is 12.4. The van der Waals surface area contributed by atoms with E-state index in [4.69, 9.17) is 5.21 Å². The summed E-state index contributed by atoms with van der Waals surface area (Å²) in [6.45, 7) is 2.21. The van der Waals surface area contributed by atoms with Gasteiger partial charge >= 0.3 is 0 Å². The van der Waals surface area contributed by atoms with Crippen molar-refractivity contribution < 1.29 is 5.21 Å². The van der Waals surface area contributed by atoms with Crippen molar-refractivity contribution in [2.75, 3.05) is 0 Å². The largest absolute Gasteiger partial charge is 0.411 e. The second kappa shape index (κ2) is 7.91. The van der Waals surface area contributed by atoms with Gasteiger partial charge in [-0.1, -0.05) is 68.1 Å². The van der Waals surface area contributed by atoms with Crippen LogP contribution in [0.3, 0.4) is 0 Å². The lowest BCUT2D eigenvalue weighted by atomic mass is 10.0. The molecule has 2 heteroatoms. The van der Waals surface area contributed by atoms with Crippen molar-refractivity contribution in [2.24, 2.45) is 5.16 Å². The van der Waals surface area contributed by atoms with Gasteiger partial charge in [-0.15, -0.1) is 0 Å². The molecule has 2 nitrogen and oxygen atoms in total. The van der Waals surface area contributed by atoms with E-state index in [1.165, 1.54) is 25.7 Å². The van der Waals surface area contributed by atoms with Crippen LogP contribution in [0.15, 0.2) is 35.5 Å². The number of hydrogen-bond acceptors (Lipinski definition) is 2. The van der Waals surface area contributed by atoms with Crippen molar-refractivity contribution in [1.29, 1.82) is 0 Å². The zero-order valence-corrected chi connectivity index (χ0v) is 10.0. The van der Waals surface area contributed by atoms with Crippen LogP contribution >= 0.6 is 0 Å². The molecule has 0 aromatic heterocycles. The topological polar surface area (TPSA) is 32.6 Å². The maximum absolute atomic E-state index is 8.97. The molecule has 0 aliphatic carbocycles. The highest BCUT2D eigenvalue weighted by Crippen LogP contribution is 2.10. The lowest BCUT2D eigenvalue weighted by molar-refractivity contribution is 0.317. The third-order valence-corrected chi connectivity index (χ3v) is 2.74. The molecule has 0 aliphatic rings. The van der Waals surface area contributed by atoms with Gasteiger partial charge in [0.25, 0.3) is 0 Å². The third-order valence-electron chi connectivity index (χ3n) is 2.74. The van der Waals surface area contributed by atoms with Crippen LogP contribution in [0.5, 0.6) is 0 Å². The second-order valence-electron chi connectivity index (χ2n) is 4.08. The first-order valence-electron chi connectivity index (χ1n) is 6.14. The monoisotopic (exact) mass is 219 g/mol. The number of nitrogens with zero attached hydrogens (tertiary/aromatic N) is 1. The van der Waals surface area contributed by atoms with Crippen LogP contribution in [0.1, 0.15) is 51.0 Å². The Morgan fingerprint density at radius 1 is 1.06 bits per heavy atom. The van der Waals surface area contributed by atoms with Crippen LogP contribution in [0.2, 0.25) is 0 Å². The van der Waals surface area contributed by atoms with Gasteiger partial charge in [0.15, 0.2) is 0 Å². The van der Waals surface area contributed by atoms with E-state index >= 15 is 0 Å². The van der Waals surface area contributed by atoms with Crippen molar-refractivity contribution in [3.05, 3.63) is 35.9 Å². The van der Waals surface area contributed by atoms with Gasteiger partial charge < -0.3 is 5.21 Å². The minimum absolute atomic E-state index is 0.803. The average molecular weight is 219 g/mol. The predicted octanol–water partition coefficient (Wildman–Crippen LogP) is 4.23. The second-order valence-corrected chi connectivity index (χ2v) is 4.08. The Morgan fingerprint density at radius 3 is 2.38 bits per heavy atom. The Labute approximate surface area is 98.0 Å². The smallest absolute Gasteiger partial charge is 0.0867 e. The predicted molar refractivity (Wildman–Crippen MR) is 68.1 cm³/mol. The molecule has 1 rings (SSSR count). The minimum Gasteiger partial charge on any atom is -0.411 e. The van der Waals surface area contributed by atoms with E-state index in [-0.39, 0.29) is 0 Å². The highest BCUT2D eigenvalue weighted by Gasteiger charge is 2.02. The van der Waals surface area contributed by atoms with Crippen LogP contribution in [0, 0.1) is 0 Å². The normalized spacial score (nSPS) is 11.7. The summed E-state index contributed by atoms with van der Waals surface area (Å²) >= 11 is 0. The first-order chi connectivity index (χ1) is 7.88. The SMILES string of the molecule is CCCCCCCC(=NO)c1ccccc1. The molecule has 0 unspecified atom stereocenters. The Hall–Kier alpha value is -1.31. The lowest BCUT2D eigenvalue weighted by Crippen LogP contribution is -2.00. The van der Waals surface area contributed by atoms with Gasteiger partial charge in [0, 0.05) is 0 Å². The Bertz CT molecular complexity index is 306. The summed E-state index contributed by atoms with van der Waals surface area (Å²) < 4.78 is 0. The highest BCUT2D eigenvalue weighted by molar-refractivity contribution is 6.00. The van der Waals surface area contributed by atoms with E-state index in [2.05, 4.69) is 12.1 Å². The van der Waals surface area contributed by atoms with Gasteiger partial charge in [0.2, 0.25) is 0 Å². The molecule has 16 heavy (non-hydrogen) atoms. The summed E-state index contributed by atoms with van der Waals surface area (Å²) in [6, 6.07) is 9.89. The summed E-state index contributed by atoms with van der Waals surface area (Å²) in [6.07, 6.45) is 7.04. The minimum atomic E-state index is 0.803. The van der Waals surface area contributed by atoms with Crippen LogP contribution in [-0.2, 0) is 0 Å². The highest BCUT2D eigenvalue weighted by atomic mass is 16.4. The van der Waals surface area contributed by atoms with Gasteiger partial charge in [-0.2, -0.15) is 0 Å². The fourth-order valence-electron chi connectivity index (χ4n) is 1.78. The first kappa shape index (κ1) is 12.8. The molecule has 0 amide bonds. The molecule has 0 radical (unpaired) electrons. The Morgan fingerprint density at radius 2 is 1.75 bits per heavy atom. The average Bonchev–Trinajstić information content (AvgIpc) is 2.35. The molecular weight excluding hydrogens is 198 g/mol. The van der Waals surface area contributed by atoms with Crippen LogP contribution in [-0.4, -0.2) is 10.9 Å². The summed E-state index contributed by atoms with van der Waals surface area (Å²) in [7, 11) is 0. The Balaban J connectivity index is 2.34. The molecule has 1 N–H and O–H groups in total. The van der Waals surface area contributed by atoms with Crippen molar-refractivity contribution >= 4 is 5.71 Å². The summed E-state index contributed by atoms with van der Waals surface area (Å²) in [4.78, 5) is 0. The van der Waals surface area contributed by atoms with Crippen molar-refractivity contribution in [2.45, 2.75) is 45.4 Å².